The van der Waals surface area contributed by atoms with E-state index in [1.54, 1.807) is 30.3 Å². The molecule has 4 aromatic carbocycles. The quantitative estimate of drug-likeness (QED) is 0.322. The Morgan fingerprint density at radius 1 is 0.925 bits per heavy atom. The number of carbonyl (C=O) groups excluding carboxylic acids is 2. The third-order valence-electron chi connectivity index (χ3n) is 6.59. The molecule has 0 fully saturated rings. The van der Waals surface area contributed by atoms with Crippen molar-refractivity contribution in [3.63, 3.8) is 0 Å². The van der Waals surface area contributed by atoms with Crippen molar-refractivity contribution in [1.82, 2.24) is 5.32 Å². The molecule has 0 bridgehead atoms. The monoisotopic (exact) mass is 583 g/mol. The Morgan fingerprint density at radius 3 is 2.35 bits per heavy atom. The van der Waals surface area contributed by atoms with E-state index in [1.807, 2.05) is 48.5 Å². The SMILES string of the molecule is O=C(NCCc1ccccc1-c1ccccc1Cl)c1ccc(Oc2cc3c(cc2Cl)C(C(=O)[O-])CCO3)cc1.[Na+]. The number of hydrogen-bond donors (Lipinski definition) is 1. The van der Waals surface area contributed by atoms with Gasteiger partial charge in [-0.3, -0.25) is 4.79 Å². The fourth-order valence-electron chi connectivity index (χ4n) is 4.61. The number of benzene rings is 4. The topological polar surface area (TPSA) is 87.7 Å². The number of fused-ring (bicyclic) bond motifs is 1. The molecule has 5 rings (SSSR count). The number of carbonyl (C=O) groups is 2. The summed E-state index contributed by atoms with van der Waals surface area (Å²) >= 11 is 12.8. The Balaban J connectivity index is 0.00000370. The predicted octanol–water partition coefficient (Wildman–Crippen LogP) is 3.05. The van der Waals surface area contributed by atoms with E-state index >= 15 is 0 Å². The predicted molar refractivity (Wildman–Crippen MR) is 149 cm³/mol. The molecular formula is C31H24Cl2NNaO5. The molecule has 0 radical (unpaired) electrons. The minimum absolute atomic E-state index is 0. The number of carboxylic acids is 1. The van der Waals surface area contributed by atoms with Gasteiger partial charge in [-0.25, -0.2) is 0 Å². The van der Waals surface area contributed by atoms with Gasteiger partial charge in [-0.15, -0.1) is 0 Å². The molecule has 4 aromatic rings. The molecule has 40 heavy (non-hydrogen) atoms. The Bertz CT molecular complexity index is 1530. The van der Waals surface area contributed by atoms with Gasteiger partial charge >= 0.3 is 29.6 Å². The Morgan fingerprint density at radius 2 is 1.62 bits per heavy atom. The van der Waals surface area contributed by atoms with Gasteiger partial charge in [0.2, 0.25) is 0 Å². The molecular weight excluding hydrogens is 560 g/mol. The minimum atomic E-state index is -1.16. The number of carboxylic acid groups (broad SMARTS) is 1. The molecule has 6 nitrogen and oxygen atoms in total. The van der Waals surface area contributed by atoms with Crippen LogP contribution >= 0.6 is 23.2 Å². The van der Waals surface area contributed by atoms with Crippen molar-refractivity contribution in [2.75, 3.05) is 13.2 Å². The van der Waals surface area contributed by atoms with Gasteiger partial charge in [0.25, 0.3) is 5.91 Å². The number of halogens is 2. The van der Waals surface area contributed by atoms with Crippen molar-refractivity contribution >= 4 is 35.1 Å². The van der Waals surface area contributed by atoms with E-state index in [0.717, 1.165) is 16.7 Å². The van der Waals surface area contributed by atoms with Gasteiger partial charge < -0.3 is 24.7 Å². The number of rotatable bonds is 8. The number of amides is 1. The van der Waals surface area contributed by atoms with Gasteiger partial charge in [-0.05, 0) is 60.4 Å². The minimum Gasteiger partial charge on any atom is -0.549 e. The normalized spacial score (nSPS) is 13.8. The molecule has 1 heterocycles. The van der Waals surface area contributed by atoms with Gasteiger partial charge in [-0.2, -0.15) is 0 Å². The maximum atomic E-state index is 12.8. The molecule has 0 spiro atoms. The standard InChI is InChI=1S/C31H25Cl2NO5.Na/c32-26-8-4-3-7-23(26)22-6-2-1-5-19(22)13-15-34-30(35)20-9-11-21(12-10-20)39-29-18-28-25(17-27(29)33)24(31(36)37)14-16-38-28;/h1-12,17-18,24H,13-16H2,(H,34,35)(H,36,37);/q;+1/p-1. The number of nitrogens with one attached hydrogen (secondary N) is 1. The van der Waals surface area contributed by atoms with E-state index in [9.17, 15) is 14.7 Å². The first kappa shape index (κ1) is 30.0. The molecule has 9 heteroatoms. The zero-order chi connectivity index (χ0) is 27.4. The van der Waals surface area contributed by atoms with Crippen LogP contribution in [0.4, 0.5) is 0 Å². The van der Waals surface area contributed by atoms with Gasteiger partial charge in [0.1, 0.15) is 17.2 Å². The molecule has 1 N–H and O–H groups in total. The first-order valence-corrected chi connectivity index (χ1v) is 13.2. The van der Waals surface area contributed by atoms with E-state index in [2.05, 4.69) is 5.32 Å². The van der Waals surface area contributed by atoms with Crippen LogP contribution in [0.3, 0.4) is 0 Å². The van der Waals surface area contributed by atoms with E-state index in [-0.39, 0.29) is 47.1 Å². The van der Waals surface area contributed by atoms with Crippen LogP contribution in [0.5, 0.6) is 17.2 Å². The average Bonchev–Trinajstić information content (AvgIpc) is 2.94. The first-order valence-electron chi connectivity index (χ1n) is 12.5. The Hall–Kier alpha value is -3.00. The molecule has 198 valence electrons. The summed E-state index contributed by atoms with van der Waals surface area (Å²) in [6.07, 6.45) is 0.968. The summed E-state index contributed by atoms with van der Waals surface area (Å²) in [7, 11) is 0. The van der Waals surface area contributed by atoms with Gasteiger partial charge in [0, 0.05) is 46.2 Å². The first-order chi connectivity index (χ1) is 18.9. The third-order valence-corrected chi connectivity index (χ3v) is 7.22. The summed E-state index contributed by atoms with van der Waals surface area (Å²) < 4.78 is 11.5. The summed E-state index contributed by atoms with van der Waals surface area (Å²) in [6.45, 7) is 0.720. The summed E-state index contributed by atoms with van der Waals surface area (Å²) in [5, 5.41) is 15.3. The van der Waals surface area contributed by atoms with E-state index in [0.29, 0.717) is 52.8 Å². The van der Waals surface area contributed by atoms with Crippen LogP contribution in [0, 0.1) is 0 Å². The van der Waals surface area contributed by atoms with Crippen LogP contribution in [0.1, 0.15) is 33.8 Å². The van der Waals surface area contributed by atoms with Crippen molar-refractivity contribution in [3.8, 4) is 28.4 Å². The molecule has 1 unspecified atom stereocenters. The summed E-state index contributed by atoms with van der Waals surface area (Å²) in [5.41, 5.74) is 4.05. The molecule has 1 amide bonds. The molecule has 1 aliphatic rings. The van der Waals surface area contributed by atoms with E-state index < -0.39 is 11.9 Å². The zero-order valence-corrected chi connectivity index (χ0v) is 25.3. The van der Waals surface area contributed by atoms with Crippen LogP contribution in [-0.4, -0.2) is 25.0 Å². The fraction of sp³-hybridized carbons (Fsp3) is 0.161. The van der Waals surface area contributed by atoms with E-state index in [4.69, 9.17) is 32.7 Å². The van der Waals surface area contributed by atoms with Gasteiger partial charge in [0.15, 0.2) is 0 Å². The van der Waals surface area contributed by atoms with Crippen molar-refractivity contribution in [2.24, 2.45) is 0 Å². The number of hydrogen-bond acceptors (Lipinski definition) is 5. The Labute approximate surface area is 264 Å². The summed E-state index contributed by atoms with van der Waals surface area (Å²) in [6, 6.07) is 25.5. The second-order valence-corrected chi connectivity index (χ2v) is 9.91. The molecule has 1 atom stereocenters. The molecule has 0 aromatic heterocycles. The average molecular weight is 584 g/mol. The van der Waals surface area contributed by atoms with Crippen LogP contribution in [0.25, 0.3) is 11.1 Å². The van der Waals surface area contributed by atoms with E-state index in [1.165, 1.54) is 6.07 Å². The van der Waals surface area contributed by atoms with Crippen molar-refractivity contribution in [2.45, 2.75) is 18.8 Å². The molecule has 1 aliphatic heterocycles. The molecule has 0 saturated heterocycles. The van der Waals surface area contributed by atoms with Crippen molar-refractivity contribution in [1.29, 1.82) is 0 Å². The van der Waals surface area contributed by atoms with Crippen LogP contribution in [0.15, 0.2) is 84.9 Å². The number of ether oxygens (including phenoxy) is 2. The maximum absolute atomic E-state index is 12.8. The summed E-state index contributed by atoms with van der Waals surface area (Å²) in [5.74, 6) is -0.948. The largest absolute Gasteiger partial charge is 1.00 e. The van der Waals surface area contributed by atoms with Crippen LogP contribution < -0.4 is 49.5 Å². The second kappa shape index (κ2) is 13.6. The van der Waals surface area contributed by atoms with Crippen molar-refractivity contribution in [3.05, 3.63) is 112 Å². The fourth-order valence-corrected chi connectivity index (χ4v) is 5.06. The molecule has 0 aliphatic carbocycles. The van der Waals surface area contributed by atoms with Crippen molar-refractivity contribution < 1.29 is 53.7 Å². The number of aliphatic carboxylic acids is 1. The van der Waals surface area contributed by atoms with Crippen LogP contribution in [-0.2, 0) is 11.2 Å². The van der Waals surface area contributed by atoms with Gasteiger partial charge in [-0.1, -0.05) is 65.7 Å². The molecule has 0 saturated carbocycles. The maximum Gasteiger partial charge on any atom is 1.00 e. The van der Waals surface area contributed by atoms with Gasteiger partial charge in [0.05, 0.1) is 11.6 Å². The Kier molecular flexibility index (Phi) is 10.2. The van der Waals surface area contributed by atoms with Crippen LogP contribution in [0.2, 0.25) is 10.0 Å². The third kappa shape index (κ3) is 6.82. The zero-order valence-electron chi connectivity index (χ0n) is 21.8. The summed E-state index contributed by atoms with van der Waals surface area (Å²) in [4.78, 5) is 24.2. The smallest absolute Gasteiger partial charge is 0.549 e. The second-order valence-electron chi connectivity index (χ2n) is 9.10.